The molecule has 3 nitrogen and oxygen atoms in total. The fourth-order valence-electron chi connectivity index (χ4n) is 2.15. The van der Waals surface area contributed by atoms with Crippen LogP contribution in [0.15, 0.2) is 54.6 Å². The number of hydrogen-bond donors (Lipinski definition) is 1. The number of rotatable bonds is 4. The van der Waals surface area contributed by atoms with E-state index in [1.165, 1.54) is 6.07 Å². The maximum Gasteiger partial charge on any atom is 0.147 e. The molecule has 0 saturated carbocycles. The number of halogens is 1. The Balaban J connectivity index is 2.28. The molecule has 0 amide bonds. The van der Waals surface area contributed by atoms with Crippen LogP contribution in [0.5, 0.6) is 0 Å². The SMILES string of the molecule is CN(CC(N)(C#N)c1ccccc1)c1ccccc1F. The van der Waals surface area contributed by atoms with E-state index in [9.17, 15) is 9.65 Å². The molecule has 1 atom stereocenters. The average molecular weight is 269 g/mol. The van der Waals surface area contributed by atoms with E-state index in [0.29, 0.717) is 11.3 Å². The average Bonchev–Trinajstić information content (AvgIpc) is 2.48. The first kappa shape index (κ1) is 14.0. The van der Waals surface area contributed by atoms with Crippen molar-refractivity contribution in [1.29, 1.82) is 5.26 Å². The van der Waals surface area contributed by atoms with Gasteiger partial charge in [-0.25, -0.2) is 4.39 Å². The molecule has 102 valence electrons. The maximum absolute atomic E-state index is 13.8. The van der Waals surface area contributed by atoms with E-state index < -0.39 is 5.54 Å². The van der Waals surface area contributed by atoms with Gasteiger partial charge >= 0.3 is 0 Å². The summed E-state index contributed by atoms with van der Waals surface area (Å²) in [6.45, 7) is 0.203. The van der Waals surface area contributed by atoms with Crippen LogP contribution in [0.3, 0.4) is 0 Å². The Bertz CT molecular complexity index is 621. The fourth-order valence-corrected chi connectivity index (χ4v) is 2.15. The van der Waals surface area contributed by atoms with Crippen molar-refractivity contribution < 1.29 is 4.39 Å². The molecule has 0 radical (unpaired) electrons. The van der Waals surface area contributed by atoms with Gasteiger partial charge in [0.05, 0.1) is 18.3 Å². The van der Waals surface area contributed by atoms with E-state index in [1.807, 2.05) is 18.2 Å². The lowest BCUT2D eigenvalue weighted by molar-refractivity contribution is 0.559. The molecule has 4 heteroatoms. The third-order valence-corrected chi connectivity index (χ3v) is 3.24. The summed E-state index contributed by atoms with van der Waals surface area (Å²) in [5.41, 5.74) is 6.14. The van der Waals surface area contributed by atoms with Crippen molar-refractivity contribution in [2.45, 2.75) is 5.54 Å². The molecule has 2 N–H and O–H groups in total. The van der Waals surface area contributed by atoms with E-state index in [2.05, 4.69) is 6.07 Å². The minimum atomic E-state index is -1.18. The van der Waals surface area contributed by atoms with Gasteiger partial charge in [0.2, 0.25) is 0 Å². The van der Waals surface area contributed by atoms with Crippen LogP contribution in [-0.4, -0.2) is 13.6 Å². The van der Waals surface area contributed by atoms with Gasteiger partial charge < -0.3 is 10.6 Å². The van der Waals surface area contributed by atoms with Gasteiger partial charge in [0.25, 0.3) is 0 Å². The predicted molar refractivity (Wildman–Crippen MR) is 77.6 cm³/mol. The standard InChI is InChI=1S/C16H16FN3/c1-20(15-10-6-5-9-14(15)17)12-16(19,11-18)13-7-3-2-4-8-13/h2-10H,12,19H2,1H3. The molecular formula is C16H16FN3. The van der Waals surface area contributed by atoms with E-state index in [4.69, 9.17) is 5.73 Å². The lowest BCUT2D eigenvalue weighted by atomic mass is 9.92. The molecule has 2 rings (SSSR count). The second-order valence-electron chi connectivity index (χ2n) is 4.76. The largest absolute Gasteiger partial charge is 0.369 e. The van der Waals surface area contributed by atoms with Crippen molar-refractivity contribution in [3.63, 3.8) is 0 Å². The van der Waals surface area contributed by atoms with Gasteiger partial charge in [-0.05, 0) is 17.7 Å². The molecule has 0 fully saturated rings. The molecule has 20 heavy (non-hydrogen) atoms. The smallest absolute Gasteiger partial charge is 0.147 e. The molecule has 0 aliphatic rings. The van der Waals surface area contributed by atoms with Gasteiger partial charge in [-0.15, -0.1) is 0 Å². The molecule has 0 bridgehead atoms. The second-order valence-corrected chi connectivity index (χ2v) is 4.76. The third kappa shape index (κ3) is 2.79. The fraction of sp³-hybridized carbons (Fsp3) is 0.188. The monoisotopic (exact) mass is 269 g/mol. The molecule has 0 aromatic heterocycles. The Kier molecular flexibility index (Phi) is 4.02. The highest BCUT2D eigenvalue weighted by Crippen LogP contribution is 2.23. The highest BCUT2D eigenvalue weighted by molar-refractivity contribution is 5.48. The van der Waals surface area contributed by atoms with Crippen LogP contribution >= 0.6 is 0 Å². The lowest BCUT2D eigenvalue weighted by Crippen LogP contribution is -2.45. The summed E-state index contributed by atoms with van der Waals surface area (Å²) in [7, 11) is 1.72. The Morgan fingerprint density at radius 1 is 1.15 bits per heavy atom. The molecule has 0 spiro atoms. The number of para-hydroxylation sites is 1. The molecule has 0 aliphatic carbocycles. The molecule has 2 aromatic carbocycles. The number of nitrogens with zero attached hydrogens (tertiary/aromatic N) is 2. The first-order valence-corrected chi connectivity index (χ1v) is 6.28. The Morgan fingerprint density at radius 2 is 1.75 bits per heavy atom. The maximum atomic E-state index is 13.8. The summed E-state index contributed by atoms with van der Waals surface area (Å²) in [6, 6.07) is 17.7. The zero-order chi connectivity index (χ0) is 14.6. The van der Waals surface area contributed by atoms with Crippen LogP contribution in [0.25, 0.3) is 0 Å². The summed E-state index contributed by atoms with van der Waals surface area (Å²) < 4.78 is 13.8. The molecule has 0 heterocycles. The predicted octanol–water partition coefficient (Wildman–Crippen LogP) is 2.64. The zero-order valence-corrected chi connectivity index (χ0v) is 11.3. The normalized spacial score (nSPS) is 13.3. The first-order valence-electron chi connectivity index (χ1n) is 6.28. The highest BCUT2D eigenvalue weighted by Gasteiger charge is 2.29. The third-order valence-electron chi connectivity index (χ3n) is 3.24. The highest BCUT2D eigenvalue weighted by atomic mass is 19.1. The van der Waals surface area contributed by atoms with Gasteiger partial charge in [0.1, 0.15) is 11.4 Å². The van der Waals surface area contributed by atoms with Crippen LogP contribution in [0.2, 0.25) is 0 Å². The van der Waals surface area contributed by atoms with Gasteiger partial charge in [-0.3, -0.25) is 0 Å². The summed E-state index contributed by atoms with van der Waals surface area (Å²) in [5, 5.41) is 9.41. The molecule has 1 unspecified atom stereocenters. The van der Waals surface area contributed by atoms with Crippen LogP contribution < -0.4 is 10.6 Å². The van der Waals surface area contributed by atoms with E-state index in [0.717, 1.165) is 0 Å². The number of nitrogens with two attached hydrogens (primary N) is 1. The lowest BCUT2D eigenvalue weighted by Gasteiger charge is -2.29. The van der Waals surface area contributed by atoms with Crippen LogP contribution in [0.4, 0.5) is 10.1 Å². The van der Waals surface area contributed by atoms with Crippen molar-refractivity contribution in [2.75, 3.05) is 18.5 Å². The Morgan fingerprint density at radius 3 is 2.35 bits per heavy atom. The zero-order valence-electron chi connectivity index (χ0n) is 11.3. The summed E-state index contributed by atoms with van der Waals surface area (Å²) >= 11 is 0. The Labute approximate surface area is 118 Å². The van der Waals surface area contributed by atoms with Crippen molar-refractivity contribution in [2.24, 2.45) is 5.73 Å². The quantitative estimate of drug-likeness (QED) is 0.928. The van der Waals surface area contributed by atoms with E-state index >= 15 is 0 Å². The minimum absolute atomic E-state index is 0.203. The van der Waals surface area contributed by atoms with Crippen molar-refractivity contribution in [1.82, 2.24) is 0 Å². The molecule has 2 aromatic rings. The van der Waals surface area contributed by atoms with Gasteiger partial charge in [0.15, 0.2) is 0 Å². The van der Waals surface area contributed by atoms with Gasteiger partial charge in [0, 0.05) is 7.05 Å². The van der Waals surface area contributed by atoms with Gasteiger partial charge in [-0.1, -0.05) is 42.5 Å². The summed E-state index contributed by atoms with van der Waals surface area (Å²) in [4.78, 5) is 1.66. The van der Waals surface area contributed by atoms with Crippen LogP contribution in [-0.2, 0) is 5.54 Å². The summed E-state index contributed by atoms with van der Waals surface area (Å²) in [5.74, 6) is -0.330. The number of anilines is 1. The first-order chi connectivity index (χ1) is 9.57. The summed E-state index contributed by atoms with van der Waals surface area (Å²) in [6.07, 6.45) is 0. The van der Waals surface area contributed by atoms with Gasteiger partial charge in [-0.2, -0.15) is 5.26 Å². The number of hydrogen-bond acceptors (Lipinski definition) is 3. The number of benzene rings is 2. The molecular weight excluding hydrogens is 253 g/mol. The van der Waals surface area contributed by atoms with Crippen molar-refractivity contribution in [3.05, 3.63) is 66.0 Å². The molecule has 0 aliphatic heterocycles. The number of nitriles is 1. The second kappa shape index (κ2) is 5.72. The van der Waals surface area contributed by atoms with E-state index in [1.54, 1.807) is 42.3 Å². The van der Waals surface area contributed by atoms with Crippen molar-refractivity contribution in [3.8, 4) is 6.07 Å². The van der Waals surface area contributed by atoms with Crippen LogP contribution in [0, 0.1) is 17.1 Å². The van der Waals surface area contributed by atoms with E-state index in [-0.39, 0.29) is 12.4 Å². The molecule has 0 saturated heterocycles. The number of likely N-dealkylation sites (N-methyl/N-ethyl adjacent to an activating group) is 1. The van der Waals surface area contributed by atoms with Crippen LogP contribution in [0.1, 0.15) is 5.56 Å². The topological polar surface area (TPSA) is 53.0 Å². The Hall–Kier alpha value is -2.38. The minimum Gasteiger partial charge on any atom is -0.369 e. The van der Waals surface area contributed by atoms with Crippen molar-refractivity contribution >= 4 is 5.69 Å².